The summed E-state index contributed by atoms with van der Waals surface area (Å²) in [5, 5.41) is 8.07. The van der Waals surface area contributed by atoms with E-state index in [4.69, 9.17) is 4.74 Å². The topological polar surface area (TPSA) is 55.3 Å². The van der Waals surface area contributed by atoms with E-state index in [1.807, 2.05) is 0 Å². The van der Waals surface area contributed by atoms with Crippen molar-refractivity contribution in [2.24, 2.45) is 0 Å². The number of aromatic nitrogens is 2. The second kappa shape index (κ2) is 3.39. The number of likely N-dealkylation sites (N-methyl/N-ethyl adjacent to an activating group) is 1. The molecule has 6 heteroatoms. The fourth-order valence-electron chi connectivity index (χ4n) is 1.05. The minimum absolute atomic E-state index is 0.0389. The minimum atomic E-state index is -0.270. The van der Waals surface area contributed by atoms with Gasteiger partial charge in [-0.15, -0.1) is 10.2 Å². The third kappa shape index (κ3) is 1.54. The van der Waals surface area contributed by atoms with Crippen LogP contribution < -0.4 is 4.90 Å². The number of hydrogen-bond acceptors (Lipinski definition) is 5. The van der Waals surface area contributed by atoms with Gasteiger partial charge in [0.1, 0.15) is 11.6 Å². The fourth-order valence-corrected chi connectivity index (χ4v) is 1.59. The SMILES string of the molecule is CN(C(=O)C1CCO1)c1nncs1. The first kappa shape index (κ1) is 8.58. The highest BCUT2D eigenvalue weighted by atomic mass is 32.1. The highest BCUT2D eigenvalue weighted by Crippen LogP contribution is 2.19. The Morgan fingerprint density at radius 2 is 2.62 bits per heavy atom. The van der Waals surface area contributed by atoms with E-state index >= 15 is 0 Å². The van der Waals surface area contributed by atoms with Crippen molar-refractivity contribution in [3.05, 3.63) is 5.51 Å². The smallest absolute Gasteiger partial charge is 0.257 e. The van der Waals surface area contributed by atoms with Crippen LogP contribution in [0.2, 0.25) is 0 Å². The molecule has 0 saturated carbocycles. The van der Waals surface area contributed by atoms with E-state index in [2.05, 4.69) is 10.2 Å². The molecule has 1 saturated heterocycles. The molecule has 5 nitrogen and oxygen atoms in total. The Morgan fingerprint density at radius 3 is 3.08 bits per heavy atom. The Labute approximate surface area is 79.3 Å². The van der Waals surface area contributed by atoms with Crippen LogP contribution in [-0.4, -0.2) is 35.9 Å². The van der Waals surface area contributed by atoms with Crippen molar-refractivity contribution in [3.63, 3.8) is 0 Å². The molecule has 0 radical (unpaired) electrons. The van der Waals surface area contributed by atoms with E-state index in [0.29, 0.717) is 11.7 Å². The van der Waals surface area contributed by atoms with Gasteiger partial charge in [0.15, 0.2) is 0 Å². The van der Waals surface area contributed by atoms with Gasteiger partial charge in [-0.25, -0.2) is 0 Å². The van der Waals surface area contributed by atoms with Gasteiger partial charge in [-0.2, -0.15) is 0 Å². The summed E-state index contributed by atoms with van der Waals surface area (Å²) in [6.45, 7) is 0.681. The van der Waals surface area contributed by atoms with Gasteiger partial charge < -0.3 is 4.74 Å². The molecule has 1 aliphatic rings. The Kier molecular flexibility index (Phi) is 2.24. The molecule has 0 N–H and O–H groups in total. The minimum Gasteiger partial charge on any atom is -0.368 e. The Hall–Kier alpha value is -1.01. The lowest BCUT2D eigenvalue weighted by atomic mass is 10.2. The van der Waals surface area contributed by atoms with Crippen molar-refractivity contribution in [1.29, 1.82) is 0 Å². The lowest BCUT2D eigenvalue weighted by Crippen LogP contribution is -2.44. The second-order valence-corrected chi connectivity index (χ2v) is 3.58. The largest absolute Gasteiger partial charge is 0.368 e. The summed E-state index contributed by atoms with van der Waals surface area (Å²) in [6, 6.07) is 0. The highest BCUT2D eigenvalue weighted by molar-refractivity contribution is 7.13. The molecule has 1 aliphatic heterocycles. The summed E-state index contributed by atoms with van der Waals surface area (Å²) in [5.41, 5.74) is 1.60. The predicted molar refractivity (Wildman–Crippen MR) is 47.7 cm³/mol. The van der Waals surface area contributed by atoms with Gasteiger partial charge in [0.2, 0.25) is 5.13 Å². The van der Waals surface area contributed by atoms with Crippen molar-refractivity contribution < 1.29 is 9.53 Å². The predicted octanol–water partition coefficient (Wildman–Crippen LogP) is 0.290. The van der Waals surface area contributed by atoms with E-state index in [1.165, 1.54) is 16.2 Å². The van der Waals surface area contributed by atoms with Crippen LogP contribution in [0.4, 0.5) is 5.13 Å². The molecule has 1 aromatic heterocycles. The number of carbonyl (C=O) groups is 1. The summed E-state index contributed by atoms with van der Waals surface area (Å²) in [7, 11) is 1.69. The number of ether oxygens (including phenoxy) is 1. The molecule has 2 rings (SSSR count). The van der Waals surface area contributed by atoms with Crippen LogP contribution in [0.3, 0.4) is 0 Å². The average Bonchev–Trinajstić information content (AvgIpc) is 2.51. The third-order valence-corrected chi connectivity index (χ3v) is 2.71. The molecule has 13 heavy (non-hydrogen) atoms. The third-order valence-electron chi connectivity index (χ3n) is 1.94. The average molecular weight is 199 g/mol. The van der Waals surface area contributed by atoms with Crippen LogP contribution in [0.5, 0.6) is 0 Å². The van der Waals surface area contributed by atoms with E-state index in [0.717, 1.165) is 6.42 Å². The van der Waals surface area contributed by atoms with Gasteiger partial charge >= 0.3 is 0 Å². The van der Waals surface area contributed by atoms with E-state index in [-0.39, 0.29) is 12.0 Å². The van der Waals surface area contributed by atoms with Gasteiger partial charge in [0.05, 0.1) is 6.61 Å². The maximum atomic E-state index is 11.6. The standard InChI is InChI=1S/C7H9N3O2S/c1-10(7-9-8-4-13-7)6(11)5-2-3-12-5/h4-5H,2-3H2,1H3. The number of rotatable bonds is 2. The molecule has 0 bridgehead atoms. The quantitative estimate of drug-likeness (QED) is 0.687. The summed E-state index contributed by atoms with van der Waals surface area (Å²) >= 11 is 1.34. The Balaban J connectivity index is 2.04. The lowest BCUT2D eigenvalue weighted by Gasteiger charge is -2.28. The zero-order chi connectivity index (χ0) is 9.26. The molecule has 0 spiro atoms. The zero-order valence-corrected chi connectivity index (χ0v) is 7.95. The number of carbonyl (C=O) groups excluding carboxylic acids is 1. The maximum Gasteiger partial charge on any atom is 0.257 e. The van der Waals surface area contributed by atoms with Crippen LogP contribution in [0, 0.1) is 0 Å². The summed E-state index contributed by atoms with van der Waals surface area (Å²) < 4.78 is 5.08. The number of nitrogens with zero attached hydrogens (tertiary/aromatic N) is 3. The first-order chi connectivity index (χ1) is 6.29. The normalized spacial score (nSPS) is 20.8. The molecule has 1 amide bonds. The van der Waals surface area contributed by atoms with Gasteiger partial charge in [0, 0.05) is 13.5 Å². The fraction of sp³-hybridized carbons (Fsp3) is 0.571. The van der Waals surface area contributed by atoms with Crippen LogP contribution >= 0.6 is 11.3 Å². The summed E-state index contributed by atoms with van der Waals surface area (Å²) in [4.78, 5) is 13.1. The Bertz CT molecular complexity index is 297. The second-order valence-electron chi connectivity index (χ2n) is 2.77. The van der Waals surface area contributed by atoms with Gasteiger partial charge in [-0.3, -0.25) is 9.69 Å². The van der Waals surface area contributed by atoms with Gasteiger partial charge in [-0.05, 0) is 0 Å². The van der Waals surface area contributed by atoms with Crippen LogP contribution in [0.25, 0.3) is 0 Å². The van der Waals surface area contributed by atoms with Crippen molar-refractivity contribution in [3.8, 4) is 0 Å². The van der Waals surface area contributed by atoms with Crippen LogP contribution in [0.1, 0.15) is 6.42 Å². The van der Waals surface area contributed by atoms with E-state index in [9.17, 15) is 4.79 Å². The van der Waals surface area contributed by atoms with Gasteiger partial charge in [0.25, 0.3) is 5.91 Å². The van der Waals surface area contributed by atoms with Crippen LogP contribution in [0.15, 0.2) is 5.51 Å². The summed E-state index contributed by atoms with van der Waals surface area (Å²) in [6.07, 6.45) is 0.538. The zero-order valence-electron chi connectivity index (χ0n) is 7.14. The molecule has 1 fully saturated rings. The molecule has 0 aliphatic carbocycles. The molecule has 0 aromatic carbocycles. The van der Waals surface area contributed by atoms with Crippen LogP contribution in [-0.2, 0) is 9.53 Å². The van der Waals surface area contributed by atoms with Crippen molar-refractivity contribution in [2.45, 2.75) is 12.5 Å². The molecular formula is C7H9N3O2S. The van der Waals surface area contributed by atoms with E-state index in [1.54, 1.807) is 12.6 Å². The highest BCUT2D eigenvalue weighted by Gasteiger charge is 2.30. The molecular weight excluding hydrogens is 190 g/mol. The number of anilines is 1. The maximum absolute atomic E-state index is 11.6. The monoisotopic (exact) mass is 199 g/mol. The number of hydrogen-bond donors (Lipinski definition) is 0. The van der Waals surface area contributed by atoms with Crippen molar-refractivity contribution in [2.75, 3.05) is 18.6 Å². The lowest BCUT2D eigenvalue weighted by molar-refractivity contribution is -0.141. The molecule has 1 aromatic rings. The first-order valence-electron chi connectivity index (χ1n) is 3.94. The Morgan fingerprint density at radius 1 is 1.85 bits per heavy atom. The van der Waals surface area contributed by atoms with Crippen molar-refractivity contribution in [1.82, 2.24) is 10.2 Å². The van der Waals surface area contributed by atoms with E-state index < -0.39 is 0 Å². The molecule has 2 heterocycles. The molecule has 1 unspecified atom stereocenters. The van der Waals surface area contributed by atoms with Gasteiger partial charge in [-0.1, -0.05) is 11.3 Å². The molecule has 1 atom stereocenters. The molecule has 70 valence electrons. The summed E-state index contributed by atoms with van der Waals surface area (Å²) in [5.74, 6) is -0.0389. The van der Waals surface area contributed by atoms with Crippen molar-refractivity contribution >= 4 is 22.4 Å². The first-order valence-corrected chi connectivity index (χ1v) is 4.82. The number of amides is 1.